The molecule has 0 spiro atoms. The number of hydrogen-bond acceptors (Lipinski definition) is 3. The Hall–Kier alpha value is -1.66. The number of nitrogens with one attached hydrogen (secondary N) is 2. The van der Waals surface area contributed by atoms with Crippen LogP contribution < -0.4 is 10.6 Å². The van der Waals surface area contributed by atoms with E-state index in [9.17, 15) is 4.39 Å². The highest BCUT2D eigenvalue weighted by Crippen LogP contribution is 2.11. The molecule has 1 saturated heterocycles. The third kappa shape index (κ3) is 7.84. The van der Waals surface area contributed by atoms with Gasteiger partial charge in [-0.05, 0) is 44.2 Å². The van der Waals surface area contributed by atoms with Crippen LogP contribution in [-0.4, -0.2) is 51.5 Å². The lowest BCUT2D eigenvalue weighted by Crippen LogP contribution is -2.38. The summed E-state index contributed by atoms with van der Waals surface area (Å²) >= 11 is 0. The van der Waals surface area contributed by atoms with Crippen molar-refractivity contribution in [1.82, 2.24) is 10.6 Å². The Bertz CT molecular complexity index is 519. The fourth-order valence-corrected chi connectivity index (χ4v) is 2.71. The normalized spacial score (nSPS) is 17.7. The molecule has 1 unspecified atom stereocenters. The average molecular weight is 351 g/mol. The van der Waals surface area contributed by atoms with Crippen LogP contribution in [0.25, 0.3) is 0 Å². The van der Waals surface area contributed by atoms with Crippen LogP contribution in [0.2, 0.25) is 0 Å². The highest BCUT2D eigenvalue weighted by molar-refractivity contribution is 5.79. The van der Waals surface area contributed by atoms with Gasteiger partial charge in [-0.1, -0.05) is 18.2 Å². The quantitative estimate of drug-likeness (QED) is 0.386. The van der Waals surface area contributed by atoms with Gasteiger partial charge in [-0.2, -0.15) is 0 Å². The van der Waals surface area contributed by atoms with Crippen molar-refractivity contribution in [2.75, 3.05) is 39.5 Å². The van der Waals surface area contributed by atoms with Crippen molar-refractivity contribution in [3.05, 3.63) is 35.6 Å². The van der Waals surface area contributed by atoms with Gasteiger partial charge < -0.3 is 20.1 Å². The molecule has 1 aromatic rings. The molecule has 6 heteroatoms. The highest BCUT2D eigenvalue weighted by Gasteiger charge is 2.14. The van der Waals surface area contributed by atoms with E-state index in [1.165, 1.54) is 6.07 Å². The number of hydrogen-bond donors (Lipinski definition) is 2. The van der Waals surface area contributed by atoms with Crippen molar-refractivity contribution in [3.8, 4) is 0 Å². The van der Waals surface area contributed by atoms with E-state index in [4.69, 9.17) is 9.47 Å². The van der Waals surface area contributed by atoms with Crippen molar-refractivity contribution in [3.63, 3.8) is 0 Å². The second-order valence-electron chi connectivity index (χ2n) is 6.09. The minimum absolute atomic E-state index is 0.158. The van der Waals surface area contributed by atoms with Gasteiger partial charge in [-0.25, -0.2) is 4.39 Å². The minimum Gasteiger partial charge on any atom is -0.379 e. The van der Waals surface area contributed by atoms with Crippen LogP contribution in [0.3, 0.4) is 0 Å². The van der Waals surface area contributed by atoms with E-state index in [-0.39, 0.29) is 11.9 Å². The molecule has 1 aliphatic rings. The average Bonchev–Trinajstić information content (AvgIpc) is 3.13. The predicted molar refractivity (Wildman–Crippen MR) is 98.5 cm³/mol. The zero-order valence-corrected chi connectivity index (χ0v) is 15.1. The van der Waals surface area contributed by atoms with Crippen molar-refractivity contribution in [1.29, 1.82) is 0 Å². The Morgan fingerprint density at radius 1 is 1.36 bits per heavy atom. The predicted octanol–water partition coefficient (Wildman–Crippen LogP) is 2.51. The van der Waals surface area contributed by atoms with Crippen LogP contribution in [0.4, 0.5) is 4.39 Å². The molecule has 2 rings (SSSR count). The Balaban J connectivity index is 1.61. The first-order valence-corrected chi connectivity index (χ1v) is 9.24. The molecule has 1 aromatic carbocycles. The number of nitrogens with zero attached hydrogens (tertiary/aromatic N) is 1. The summed E-state index contributed by atoms with van der Waals surface area (Å²) in [5, 5.41) is 6.45. The Kier molecular flexibility index (Phi) is 9.29. The lowest BCUT2D eigenvalue weighted by molar-refractivity contribution is 0.0171. The van der Waals surface area contributed by atoms with Gasteiger partial charge in [0.05, 0.1) is 12.7 Å². The summed E-state index contributed by atoms with van der Waals surface area (Å²) in [6.45, 7) is 6.40. The summed E-state index contributed by atoms with van der Waals surface area (Å²) < 4.78 is 24.8. The largest absolute Gasteiger partial charge is 0.379 e. The molecule has 0 radical (unpaired) electrons. The monoisotopic (exact) mass is 351 g/mol. The van der Waals surface area contributed by atoms with Gasteiger partial charge in [-0.15, -0.1) is 0 Å². The Morgan fingerprint density at radius 3 is 3.00 bits per heavy atom. The molecule has 0 bridgehead atoms. The van der Waals surface area contributed by atoms with Gasteiger partial charge in [0.15, 0.2) is 5.96 Å². The van der Waals surface area contributed by atoms with Gasteiger partial charge in [0.1, 0.15) is 5.82 Å². The van der Waals surface area contributed by atoms with Crippen LogP contribution in [-0.2, 0) is 15.9 Å². The van der Waals surface area contributed by atoms with E-state index in [1.807, 2.05) is 19.1 Å². The van der Waals surface area contributed by atoms with Gasteiger partial charge in [0.25, 0.3) is 0 Å². The van der Waals surface area contributed by atoms with E-state index >= 15 is 0 Å². The van der Waals surface area contributed by atoms with Gasteiger partial charge >= 0.3 is 0 Å². The summed E-state index contributed by atoms with van der Waals surface area (Å²) in [5.74, 6) is 0.604. The summed E-state index contributed by atoms with van der Waals surface area (Å²) in [6, 6.07) is 6.87. The maximum absolute atomic E-state index is 13.6. The fraction of sp³-hybridized carbons (Fsp3) is 0.632. The van der Waals surface area contributed by atoms with Crippen LogP contribution in [0.5, 0.6) is 0 Å². The Labute approximate surface area is 150 Å². The van der Waals surface area contributed by atoms with Gasteiger partial charge in [-0.3, -0.25) is 4.99 Å². The molecule has 0 aliphatic carbocycles. The minimum atomic E-state index is -0.158. The molecule has 2 N–H and O–H groups in total. The maximum atomic E-state index is 13.6. The fourth-order valence-electron chi connectivity index (χ4n) is 2.71. The molecular formula is C19H30FN3O2. The van der Waals surface area contributed by atoms with E-state index in [0.29, 0.717) is 38.3 Å². The van der Waals surface area contributed by atoms with E-state index in [1.54, 1.807) is 6.07 Å². The second kappa shape index (κ2) is 11.8. The topological polar surface area (TPSA) is 54.9 Å². The van der Waals surface area contributed by atoms with E-state index in [2.05, 4.69) is 15.6 Å². The molecular weight excluding hydrogens is 321 g/mol. The number of rotatable bonds is 10. The van der Waals surface area contributed by atoms with Crippen molar-refractivity contribution < 1.29 is 13.9 Å². The van der Waals surface area contributed by atoms with Crippen molar-refractivity contribution >= 4 is 5.96 Å². The maximum Gasteiger partial charge on any atom is 0.191 e. The molecule has 0 aromatic heterocycles. The molecule has 1 heterocycles. The SMILES string of the molecule is CCNC(=NCCCOCC1CCCO1)NCCc1ccccc1F. The lowest BCUT2D eigenvalue weighted by atomic mass is 10.1. The molecule has 5 nitrogen and oxygen atoms in total. The number of ether oxygens (including phenoxy) is 2. The first kappa shape index (κ1) is 19.7. The van der Waals surface area contributed by atoms with Gasteiger partial charge in [0.2, 0.25) is 0 Å². The standard InChI is InChI=1S/C19H30FN3O2/c1-2-21-19(23-12-10-16-7-3-4-9-18(16)20)22-11-6-13-24-15-17-8-5-14-25-17/h3-4,7,9,17H,2,5-6,8,10-15H2,1H3,(H2,21,22,23). The van der Waals surface area contributed by atoms with Crippen LogP contribution in [0, 0.1) is 5.82 Å². The molecule has 1 atom stereocenters. The molecule has 140 valence electrons. The summed E-state index contributed by atoms with van der Waals surface area (Å²) in [5.41, 5.74) is 0.716. The third-order valence-corrected chi connectivity index (χ3v) is 4.03. The van der Waals surface area contributed by atoms with Crippen molar-refractivity contribution in [2.24, 2.45) is 4.99 Å². The van der Waals surface area contributed by atoms with E-state index < -0.39 is 0 Å². The zero-order valence-electron chi connectivity index (χ0n) is 15.1. The van der Waals surface area contributed by atoms with Crippen LogP contribution in [0.15, 0.2) is 29.3 Å². The summed E-state index contributed by atoms with van der Waals surface area (Å²) in [4.78, 5) is 4.53. The number of guanidine groups is 1. The number of benzene rings is 1. The number of aliphatic imine (C=N–C) groups is 1. The summed E-state index contributed by atoms with van der Waals surface area (Å²) in [6.07, 6.45) is 4.02. The van der Waals surface area contributed by atoms with E-state index in [0.717, 1.165) is 38.4 Å². The summed E-state index contributed by atoms with van der Waals surface area (Å²) in [7, 11) is 0. The highest BCUT2D eigenvalue weighted by atomic mass is 19.1. The second-order valence-corrected chi connectivity index (χ2v) is 6.09. The zero-order chi connectivity index (χ0) is 17.7. The first-order valence-electron chi connectivity index (χ1n) is 9.24. The molecule has 1 fully saturated rings. The molecule has 25 heavy (non-hydrogen) atoms. The lowest BCUT2D eigenvalue weighted by Gasteiger charge is -2.12. The number of halogens is 1. The Morgan fingerprint density at radius 2 is 2.24 bits per heavy atom. The van der Waals surface area contributed by atoms with Crippen molar-refractivity contribution in [2.45, 2.75) is 38.7 Å². The smallest absolute Gasteiger partial charge is 0.191 e. The first-order chi connectivity index (χ1) is 12.3. The van der Waals surface area contributed by atoms with Crippen LogP contribution >= 0.6 is 0 Å². The molecule has 0 amide bonds. The molecule has 0 saturated carbocycles. The third-order valence-electron chi connectivity index (χ3n) is 4.03. The van der Waals surface area contributed by atoms with Crippen LogP contribution in [0.1, 0.15) is 31.7 Å². The van der Waals surface area contributed by atoms with Gasteiger partial charge in [0, 0.05) is 32.8 Å². The molecule has 1 aliphatic heterocycles.